The van der Waals surface area contributed by atoms with Crippen molar-refractivity contribution in [3.63, 3.8) is 0 Å². The maximum absolute atomic E-state index is 9.84. The number of alkyl halides is 1. The Morgan fingerprint density at radius 1 is 1.53 bits per heavy atom. The van der Waals surface area contributed by atoms with Crippen molar-refractivity contribution in [2.45, 2.75) is 25.6 Å². The van der Waals surface area contributed by atoms with Crippen molar-refractivity contribution in [3.05, 3.63) is 23.4 Å². The number of hydrogen-bond donors (Lipinski definition) is 3. The molecule has 2 unspecified atom stereocenters. The fourth-order valence-electron chi connectivity index (χ4n) is 1.37. The number of aliphatic hydroxyl groups is 2. The predicted molar refractivity (Wildman–Crippen MR) is 62.8 cm³/mol. The van der Waals surface area contributed by atoms with Gasteiger partial charge in [-0.1, -0.05) is 15.9 Å². The average molecular weight is 275 g/mol. The lowest BCUT2D eigenvalue weighted by Crippen LogP contribution is -2.19. The van der Waals surface area contributed by atoms with Gasteiger partial charge in [0, 0.05) is 17.1 Å². The summed E-state index contributed by atoms with van der Waals surface area (Å²) in [5, 5.41) is 20.1. The van der Waals surface area contributed by atoms with Gasteiger partial charge >= 0.3 is 0 Å². The number of aromatic nitrogens is 1. The van der Waals surface area contributed by atoms with E-state index in [1.54, 1.807) is 6.07 Å². The second-order valence-electron chi connectivity index (χ2n) is 3.46. The van der Waals surface area contributed by atoms with Crippen molar-refractivity contribution in [1.29, 1.82) is 0 Å². The van der Waals surface area contributed by atoms with Crippen LogP contribution in [0.5, 0.6) is 0 Å². The van der Waals surface area contributed by atoms with Gasteiger partial charge in [-0.15, -0.1) is 0 Å². The number of aryl methyl sites for hydroxylation is 1. The Labute approximate surface area is 97.3 Å². The van der Waals surface area contributed by atoms with Gasteiger partial charge in [-0.25, -0.2) is 4.98 Å². The molecular weight excluding hydrogens is 260 g/mol. The summed E-state index contributed by atoms with van der Waals surface area (Å²) in [7, 11) is 0. The second-order valence-corrected chi connectivity index (χ2v) is 4.25. The van der Waals surface area contributed by atoms with Crippen LogP contribution in [0, 0.1) is 6.92 Å². The van der Waals surface area contributed by atoms with Crippen molar-refractivity contribution in [1.82, 2.24) is 4.98 Å². The van der Waals surface area contributed by atoms with E-state index in [9.17, 15) is 10.2 Å². The van der Waals surface area contributed by atoms with Gasteiger partial charge in [-0.05, 0) is 25.0 Å². The lowest BCUT2D eigenvalue weighted by Gasteiger charge is -2.18. The zero-order valence-corrected chi connectivity index (χ0v) is 10.1. The van der Waals surface area contributed by atoms with Crippen molar-refractivity contribution < 1.29 is 10.2 Å². The first kappa shape index (κ1) is 12.4. The van der Waals surface area contributed by atoms with Gasteiger partial charge in [-0.2, -0.15) is 0 Å². The van der Waals surface area contributed by atoms with Crippen LogP contribution in [-0.2, 0) is 0 Å². The number of pyridine rings is 1. The third kappa shape index (κ3) is 3.15. The highest BCUT2D eigenvalue weighted by atomic mass is 79.9. The summed E-state index contributed by atoms with van der Waals surface area (Å²) in [4.78, 5) is 3.90. The largest absolute Gasteiger partial charge is 0.390 e. The van der Waals surface area contributed by atoms with E-state index in [2.05, 4.69) is 20.9 Å². The third-order valence-corrected chi connectivity index (χ3v) is 2.72. The summed E-state index contributed by atoms with van der Waals surface area (Å²) in [6.45, 7) is 1.83. The number of nitrogens with zero attached hydrogens (tertiary/aromatic N) is 1. The van der Waals surface area contributed by atoms with Crippen LogP contribution >= 0.6 is 15.9 Å². The zero-order valence-electron chi connectivity index (χ0n) is 8.52. The fraction of sp³-hybridized carbons (Fsp3) is 0.500. The van der Waals surface area contributed by atoms with Gasteiger partial charge in [0.1, 0.15) is 11.9 Å². The molecule has 0 aromatic carbocycles. The first-order valence-corrected chi connectivity index (χ1v) is 5.82. The monoisotopic (exact) mass is 274 g/mol. The summed E-state index contributed by atoms with van der Waals surface area (Å²) in [6.07, 6.45) is 0.307. The molecule has 0 fully saturated rings. The molecule has 0 aliphatic carbocycles. The molecule has 5 heteroatoms. The SMILES string of the molecule is Cc1cc(N)ncc1C(O)C(O)CCBr. The van der Waals surface area contributed by atoms with Gasteiger partial charge in [0.25, 0.3) is 0 Å². The Hall–Kier alpha value is -0.650. The molecule has 1 aromatic rings. The van der Waals surface area contributed by atoms with E-state index in [4.69, 9.17) is 5.73 Å². The Balaban J connectivity index is 2.86. The molecule has 0 saturated heterocycles. The molecule has 0 aliphatic heterocycles. The van der Waals surface area contributed by atoms with Gasteiger partial charge in [0.2, 0.25) is 0 Å². The quantitative estimate of drug-likeness (QED) is 0.720. The molecule has 1 heterocycles. The Kier molecular flexibility index (Phi) is 4.50. The van der Waals surface area contributed by atoms with E-state index in [0.29, 0.717) is 23.1 Å². The summed E-state index contributed by atoms with van der Waals surface area (Å²) >= 11 is 3.21. The summed E-state index contributed by atoms with van der Waals surface area (Å²) in [5.41, 5.74) is 6.96. The molecule has 84 valence electrons. The molecular formula is C10H15BrN2O2. The average Bonchev–Trinajstić information content (AvgIpc) is 2.17. The van der Waals surface area contributed by atoms with E-state index < -0.39 is 12.2 Å². The van der Waals surface area contributed by atoms with Crippen LogP contribution < -0.4 is 5.73 Å². The molecule has 2 atom stereocenters. The van der Waals surface area contributed by atoms with Crippen molar-refractivity contribution in [2.24, 2.45) is 0 Å². The zero-order chi connectivity index (χ0) is 11.4. The predicted octanol–water partition coefficient (Wildman–Crippen LogP) is 1.15. The summed E-state index contributed by atoms with van der Waals surface area (Å²) in [6, 6.07) is 1.68. The van der Waals surface area contributed by atoms with Crippen LogP contribution in [0.3, 0.4) is 0 Å². The van der Waals surface area contributed by atoms with Crippen LogP contribution in [0.2, 0.25) is 0 Å². The number of halogens is 1. The molecule has 4 nitrogen and oxygen atoms in total. The van der Waals surface area contributed by atoms with E-state index in [-0.39, 0.29) is 0 Å². The third-order valence-electron chi connectivity index (χ3n) is 2.26. The number of hydrogen-bond acceptors (Lipinski definition) is 4. The number of nitrogen functional groups attached to an aromatic ring is 1. The summed E-state index contributed by atoms with van der Waals surface area (Å²) in [5.74, 6) is 0.415. The smallest absolute Gasteiger partial charge is 0.123 e. The van der Waals surface area contributed by atoms with Crippen LogP contribution in [-0.4, -0.2) is 26.6 Å². The first-order chi connectivity index (χ1) is 7.06. The van der Waals surface area contributed by atoms with E-state index in [1.807, 2.05) is 6.92 Å². The molecule has 0 saturated carbocycles. The van der Waals surface area contributed by atoms with Crippen LogP contribution in [0.25, 0.3) is 0 Å². The standard InChI is InChI=1S/C10H15BrN2O2/c1-6-4-9(12)13-5-7(6)10(15)8(14)2-3-11/h4-5,8,10,14-15H,2-3H2,1H3,(H2,12,13). The Bertz CT molecular complexity index is 333. The van der Waals surface area contributed by atoms with Crippen LogP contribution in [0.4, 0.5) is 5.82 Å². The lowest BCUT2D eigenvalue weighted by atomic mass is 10.0. The lowest BCUT2D eigenvalue weighted by molar-refractivity contribution is 0.0168. The van der Waals surface area contributed by atoms with Crippen LogP contribution in [0.1, 0.15) is 23.7 Å². The highest BCUT2D eigenvalue weighted by Gasteiger charge is 2.19. The van der Waals surface area contributed by atoms with Crippen molar-refractivity contribution in [2.75, 3.05) is 11.1 Å². The minimum Gasteiger partial charge on any atom is -0.390 e. The normalized spacial score (nSPS) is 14.9. The van der Waals surface area contributed by atoms with Crippen molar-refractivity contribution in [3.8, 4) is 0 Å². The minimum atomic E-state index is -0.907. The number of aliphatic hydroxyl groups excluding tert-OH is 2. The van der Waals surface area contributed by atoms with Crippen LogP contribution in [0.15, 0.2) is 12.3 Å². The maximum atomic E-state index is 9.84. The maximum Gasteiger partial charge on any atom is 0.123 e. The molecule has 1 rings (SSSR count). The molecule has 1 aromatic heterocycles. The highest BCUT2D eigenvalue weighted by Crippen LogP contribution is 2.22. The molecule has 4 N–H and O–H groups in total. The molecule has 0 amide bonds. The molecule has 15 heavy (non-hydrogen) atoms. The summed E-state index contributed by atoms with van der Waals surface area (Å²) < 4.78 is 0. The fourth-order valence-corrected chi connectivity index (χ4v) is 1.84. The number of rotatable bonds is 4. The minimum absolute atomic E-state index is 0.415. The second kappa shape index (κ2) is 5.44. The molecule has 0 spiro atoms. The Morgan fingerprint density at radius 2 is 2.20 bits per heavy atom. The van der Waals surface area contributed by atoms with E-state index in [1.165, 1.54) is 6.20 Å². The van der Waals surface area contributed by atoms with Gasteiger partial charge < -0.3 is 15.9 Å². The molecule has 0 bridgehead atoms. The van der Waals surface area contributed by atoms with E-state index in [0.717, 1.165) is 5.56 Å². The van der Waals surface area contributed by atoms with Gasteiger partial charge in [0.05, 0.1) is 6.10 Å². The highest BCUT2D eigenvalue weighted by molar-refractivity contribution is 9.09. The topological polar surface area (TPSA) is 79.4 Å². The van der Waals surface area contributed by atoms with Gasteiger partial charge in [0.15, 0.2) is 0 Å². The first-order valence-electron chi connectivity index (χ1n) is 4.70. The van der Waals surface area contributed by atoms with Gasteiger partial charge in [-0.3, -0.25) is 0 Å². The van der Waals surface area contributed by atoms with Crippen molar-refractivity contribution >= 4 is 21.7 Å². The number of anilines is 1. The Morgan fingerprint density at radius 3 is 2.73 bits per heavy atom. The molecule has 0 radical (unpaired) electrons. The van der Waals surface area contributed by atoms with E-state index >= 15 is 0 Å². The number of nitrogens with two attached hydrogens (primary N) is 1. The molecule has 0 aliphatic rings.